The molecule has 16 heavy (non-hydrogen) atoms. The van der Waals surface area contributed by atoms with Crippen molar-refractivity contribution in [1.82, 2.24) is 0 Å². The van der Waals surface area contributed by atoms with Crippen molar-refractivity contribution in [3.8, 4) is 0 Å². The molecule has 0 fully saturated rings. The predicted molar refractivity (Wildman–Crippen MR) is 68.0 cm³/mol. The summed E-state index contributed by atoms with van der Waals surface area (Å²) in [5.74, 6) is 0. The van der Waals surface area contributed by atoms with Gasteiger partial charge in [0.1, 0.15) is 0 Å². The average Bonchev–Trinajstić information content (AvgIpc) is 2.33. The van der Waals surface area contributed by atoms with Gasteiger partial charge >= 0.3 is 106 Å². The minimum absolute atomic E-state index is 0.318. The SMILES string of the molecule is Cc1ccccc1[Te]c1ccc(C=O)cc1. The van der Waals surface area contributed by atoms with Crippen LogP contribution in [0.3, 0.4) is 0 Å². The molecule has 0 radical (unpaired) electrons. The fraction of sp³-hybridized carbons (Fsp3) is 0.0714. The Morgan fingerprint density at radius 3 is 2.31 bits per heavy atom. The van der Waals surface area contributed by atoms with E-state index in [1.807, 2.05) is 12.1 Å². The van der Waals surface area contributed by atoms with Gasteiger partial charge in [-0.3, -0.25) is 0 Å². The first kappa shape index (κ1) is 11.4. The van der Waals surface area contributed by atoms with Gasteiger partial charge in [0, 0.05) is 0 Å². The summed E-state index contributed by atoms with van der Waals surface area (Å²) >= 11 is -0.318. The molecule has 0 aliphatic heterocycles. The van der Waals surface area contributed by atoms with Gasteiger partial charge in [-0.2, -0.15) is 0 Å². The Balaban J connectivity index is 2.21. The topological polar surface area (TPSA) is 17.1 Å². The van der Waals surface area contributed by atoms with Gasteiger partial charge < -0.3 is 0 Å². The molecule has 0 aliphatic rings. The van der Waals surface area contributed by atoms with Crippen molar-refractivity contribution >= 4 is 34.4 Å². The molecule has 0 amide bonds. The van der Waals surface area contributed by atoms with Crippen LogP contribution in [-0.4, -0.2) is 27.2 Å². The van der Waals surface area contributed by atoms with Gasteiger partial charge in [-0.25, -0.2) is 0 Å². The van der Waals surface area contributed by atoms with Gasteiger partial charge in [-0.15, -0.1) is 0 Å². The van der Waals surface area contributed by atoms with Gasteiger partial charge in [0.25, 0.3) is 0 Å². The molecule has 2 rings (SSSR count). The number of hydrogen-bond donors (Lipinski definition) is 0. The molecule has 2 aromatic carbocycles. The zero-order valence-electron chi connectivity index (χ0n) is 9.01. The van der Waals surface area contributed by atoms with E-state index >= 15 is 0 Å². The van der Waals surface area contributed by atoms with Crippen LogP contribution in [0.15, 0.2) is 48.5 Å². The van der Waals surface area contributed by atoms with Crippen LogP contribution < -0.4 is 7.22 Å². The van der Waals surface area contributed by atoms with Crippen molar-refractivity contribution in [1.29, 1.82) is 0 Å². The maximum atomic E-state index is 10.5. The molecule has 2 heteroatoms. The van der Waals surface area contributed by atoms with E-state index in [2.05, 4.69) is 43.3 Å². The van der Waals surface area contributed by atoms with Crippen molar-refractivity contribution in [3.63, 3.8) is 0 Å². The second kappa shape index (κ2) is 5.30. The molecule has 1 nitrogen and oxygen atoms in total. The first-order chi connectivity index (χ1) is 7.79. The molecular formula is C14H12OTe. The Morgan fingerprint density at radius 2 is 1.69 bits per heavy atom. The number of aldehydes is 1. The molecule has 2 aromatic rings. The number of benzene rings is 2. The van der Waals surface area contributed by atoms with E-state index in [1.165, 1.54) is 12.8 Å². The number of carbonyl (C=O) groups is 1. The van der Waals surface area contributed by atoms with E-state index in [0.29, 0.717) is 0 Å². The van der Waals surface area contributed by atoms with Crippen LogP contribution >= 0.6 is 0 Å². The zero-order valence-corrected chi connectivity index (χ0v) is 11.3. The van der Waals surface area contributed by atoms with E-state index in [1.54, 1.807) is 0 Å². The summed E-state index contributed by atoms with van der Waals surface area (Å²) in [6.07, 6.45) is 0.887. The van der Waals surface area contributed by atoms with Gasteiger partial charge in [-0.05, 0) is 0 Å². The molecule has 0 spiro atoms. The van der Waals surface area contributed by atoms with Crippen molar-refractivity contribution in [3.05, 3.63) is 59.7 Å². The molecule has 0 aliphatic carbocycles. The van der Waals surface area contributed by atoms with Crippen molar-refractivity contribution in [2.75, 3.05) is 0 Å². The molecule has 0 heterocycles. The maximum absolute atomic E-state index is 10.5. The van der Waals surface area contributed by atoms with Crippen LogP contribution in [0, 0.1) is 6.92 Å². The van der Waals surface area contributed by atoms with Gasteiger partial charge in [-0.1, -0.05) is 0 Å². The normalized spacial score (nSPS) is 10.1. The first-order valence-corrected chi connectivity index (χ1v) is 7.41. The van der Waals surface area contributed by atoms with Crippen molar-refractivity contribution in [2.45, 2.75) is 6.92 Å². The van der Waals surface area contributed by atoms with E-state index in [0.717, 1.165) is 11.8 Å². The fourth-order valence-corrected chi connectivity index (χ4v) is 3.99. The van der Waals surface area contributed by atoms with Crippen LogP contribution in [-0.2, 0) is 0 Å². The molecule has 0 bridgehead atoms. The number of carbonyl (C=O) groups excluding carboxylic acids is 1. The number of rotatable bonds is 3. The number of hydrogen-bond acceptors (Lipinski definition) is 1. The van der Waals surface area contributed by atoms with Crippen LogP contribution in [0.25, 0.3) is 0 Å². The van der Waals surface area contributed by atoms with Crippen LogP contribution in [0.2, 0.25) is 0 Å². The second-order valence-electron chi connectivity index (χ2n) is 3.55. The molecular weight excluding hydrogens is 312 g/mol. The molecule has 0 saturated heterocycles. The molecule has 0 atom stereocenters. The molecule has 0 saturated carbocycles. The van der Waals surface area contributed by atoms with Gasteiger partial charge in [0.05, 0.1) is 0 Å². The quantitative estimate of drug-likeness (QED) is 0.617. The summed E-state index contributed by atoms with van der Waals surface area (Å²) < 4.78 is 2.83. The zero-order chi connectivity index (χ0) is 11.4. The summed E-state index contributed by atoms with van der Waals surface area (Å²) in [5.41, 5.74) is 2.12. The van der Waals surface area contributed by atoms with Crippen molar-refractivity contribution in [2.24, 2.45) is 0 Å². The predicted octanol–water partition coefficient (Wildman–Crippen LogP) is 1.46. The Labute approximate surface area is 106 Å². The third-order valence-electron chi connectivity index (χ3n) is 2.34. The Bertz CT molecular complexity index is 488. The molecule has 80 valence electrons. The standard InChI is InChI=1S/C14H12OTe/c1-11-4-2-3-5-14(11)16-13-8-6-12(10-15)7-9-13/h2-10H,1H3. The van der Waals surface area contributed by atoms with Crippen LogP contribution in [0.5, 0.6) is 0 Å². The summed E-state index contributed by atoms with van der Waals surface area (Å²) in [6.45, 7) is 2.15. The second-order valence-corrected chi connectivity index (χ2v) is 6.74. The Kier molecular flexibility index (Phi) is 3.77. The van der Waals surface area contributed by atoms with E-state index < -0.39 is 0 Å². The van der Waals surface area contributed by atoms with Crippen molar-refractivity contribution < 1.29 is 4.79 Å². The summed E-state index contributed by atoms with van der Waals surface area (Å²) in [4.78, 5) is 10.5. The summed E-state index contributed by atoms with van der Waals surface area (Å²) in [7, 11) is 0. The Hall–Kier alpha value is -1.10. The minimum atomic E-state index is -0.318. The molecule has 0 aromatic heterocycles. The van der Waals surface area contributed by atoms with E-state index in [9.17, 15) is 4.79 Å². The van der Waals surface area contributed by atoms with Crippen LogP contribution in [0.4, 0.5) is 0 Å². The third-order valence-corrected chi connectivity index (χ3v) is 5.72. The van der Waals surface area contributed by atoms with E-state index in [-0.39, 0.29) is 20.9 Å². The first-order valence-electron chi connectivity index (χ1n) is 5.08. The third kappa shape index (κ3) is 2.72. The molecule has 0 N–H and O–H groups in total. The number of aryl methyl sites for hydroxylation is 1. The van der Waals surface area contributed by atoms with Gasteiger partial charge in [0.15, 0.2) is 0 Å². The monoisotopic (exact) mass is 326 g/mol. The molecule has 0 unspecified atom stereocenters. The van der Waals surface area contributed by atoms with E-state index in [4.69, 9.17) is 0 Å². The summed E-state index contributed by atoms with van der Waals surface area (Å²) in [6, 6.07) is 16.4. The summed E-state index contributed by atoms with van der Waals surface area (Å²) in [5, 5.41) is 0. The van der Waals surface area contributed by atoms with Gasteiger partial charge in [0.2, 0.25) is 0 Å². The average molecular weight is 324 g/mol. The Morgan fingerprint density at radius 1 is 1.00 bits per heavy atom. The fourth-order valence-electron chi connectivity index (χ4n) is 1.41. The van der Waals surface area contributed by atoms with Crippen LogP contribution in [0.1, 0.15) is 15.9 Å².